The molecular weight excluding hydrogens is 369 g/mol. The van der Waals surface area contributed by atoms with Crippen LogP contribution in [0, 0.1) is 0 Å². The molecule has 0 bridgehead atoms. The van der Waals surface area contributed by atoms with E-state index in [1.807, 2.05) is 13.1 Å². The van der Waals surface area contributed by atoms with Crippen LogP contribution in [0.1, 0.15) is 22.8 Å². The standard InChI is InChI=1S/C17H16Cl3N3O/c1-10(14-8-11(18)5-7-16(14)21-2)22-23(3)17(24)13-6-4-12(19)9-15(13)20/h4-9,21H,1-3H3/b22-10+. The molecule has 0 fully saturated rings. The first-order valence-electron chi connectivity index (χ1n) is 7.09. The molecule has 0 radical (unpaired) electrons. The Morgan fingerprint density at radius 1 is 1.04 bits per heavy atom. The second kappa shape index (κ2) is 7.88. The van der Waals surface area contributed by atoms with Crippen molar-refractivity contribution >= 4 is 52.1 Å². The van der Waals surface area contributed by atoms with Crippen molar-refractivity contribution in [2.45, 2.75) is 6.92 Å². The van der Waals surface area contributed by atoms with Crippen LogP contribution in [0.5, 0.6) is 0 Å². The zero-order chi connectivity index (χ0) is 17.9. The first kappa shape index (κ1) is 18.6. The third-order valence-corrected chi connectivity index (χ3v) is 4.18. The molecule has 126 valence electrons. The van der Waals surface area contributed by atoms with E-state index < -0.39 is 0 Å². The quantitative estimate of drug-likeness (QED) is 0.583. The first-order valence-corrected chi connectivity index (χ1v) is 8.23. The summed E-state index contributed by atoms with van der Waals surface area (Å²) < 4.78 is 0. The molecule has 2 aromatic carbocycles. The molecule has 0 heterocycles. The second-order valence-electron chi connectivity index (χ2n) is 5.08. The molecule has 1 amide bonds. The number of nitrogens with one attached hydrogen (secondary N) is 1. The highest BCUT2D eigenvalue weighted by molar-refractivity contribution is 6.36. The van der Waals surface area contributed by atoms with Crippen LogP contribution in [-0.4, -0.2) is 30.7 Å². The largest absolute Gasteiger partial charge is 0.388 e. The number of amides is 1. The average Bonchev–Trinajstić information content (AvgIpc) is 2.54. The van der Waals surface area contributed by atoms with E-state index in [1.54, 1.807) is 38.2 Å². The average molecular weight is 385 g/mol. The summed E-state index contributed by atoms with van der Waals surface area (Å²) in [6.07, 6.45) is 0. The van der Waals surface area contributed by atoms with Gasteiger partial charge in [0, 0.05) is 35.4 Å². The van der Waals surface area contributed by atoms with E-state index >= 15 is 0 Å². The molecule has 0 aromatic heterocycles. The smallest absolute Gasteiger partial charge is 0.275 e. The molecular formula is C17H16Cl3N3O. The van der Waals surface area contributed by atoms with Gasteiger partial charge in [0.05, 0.1) is 16.3 Å². The maximum Gasteiger partial charge on any atom is 0.275 e. The van der Waals surface area contributed by atoms with Crippen molar-refractivity contribution < 1.29 is 4.79 Å². The topological polar surface area (TPSA) is 44.7 Å². The fraction of sp³-hybridized carbons (Fsp3) is 0.176. The normalized spacial score (nSPS) is 11.3. The Balaban J connectivity index is 2.33. The molecule has 0 aliphatic rings. The maximum atomic E-state index is 12.5. The monoisotopic (exact) mass is 383 g/mol. The molecule has 0 saturated heterocycles. The molecule has 1 N–H and O–H groups in total. The highest BCUT2D eigenvalue weighted by Crippen LogP contribution is 2.24. The Labute approximate surface area is 156 Å². The molecule has 4 nitrogen and oxygen atoms in total. The predicted octanol–water partition coefficient (Wildman–Crippen LogP) is 5.18. The fourth-order valence-electron chi connectivity index (χ4n) is 2.20. The van der Waals surface area contributed by atoms with Crippen molar-refractivity contribution in [1.29, 1.82) is 0 Å². The van der Waals surface area contributed by atoms with Gasteiger partial charge >= 0.3 is 0 Å². The van der Waals surface area contributed by atoms with Gasteiger partial charge in [0.15, 0.2) is 0 Å². The van der Waals surface area contributed by atoms with E-state index in [9.17, 15) is 4.79 Å². The molecule has 2 aromatic rings. The summed E-state index contributed by atoms with van der Waals surface area (Å²) >= 11 is 18.0. The number of rotatable bonds is 4. The third kappa shape index (κ3) is 4.20. The van der Waals surface area contributed by atoms with Gasteiger partial charge in [-0.2, -0.15) is 5.10 Å². The van der Waals surface area contributed by atoms with Crippen molar-refractivity contribution in [2.75, 3.05) is 19.4 Å². The number of hydrogen-bond donors (Lipinski definition) is 1. The highest BCUT2D eigenvalue weighted by atomic mass is 35.5. The van der Waals surface area contributed by atoms with E-state index in [-0.39, 0.29) is 10.9 Å². The van der Waals surface area contributed by atoms with Gasteiger partial charge in [0.1, 0.15) is 0 Å². The summed E-state index contributed by atoms with van der Waals surface area (Å²) in [6, 6.07) is 10.1. The van der Waals surface area contributed by atoms with Gasteiger partial charge in [-0.3, -0.25) is 4.79 Å². The van der Waals surface area contributed by atoms with Crippen molar-refractivity contribution in [3.63, 3.8) is 0 Å². The number of hydrazone groups is 1. The number of benzene rings is 2. The molecule has 7 heteroatoms. The highest BCUT2D eigenvalue weighted by Gasteiger charge is 2.16. The molecule has 24 heavy (non-hydrogen) atoms. The Morgan fingerprint density at radius 3 is 2.29 bits per heavy atom. The summed E-state index contributed by atoms with van der Waals surface area (Å²) in [5.41, 5.74) is 2.65. The Kier molecular flexibility index (Phi) is 6.10. The number of anilines is 1. The van der Waals surface area contributed by atoms with Crippen molar-refractivity contribution in [2.24, 2.45) is 5.10 Å². The lowest BCUT2D eigenvalue weighted by atomic mass is 10.1. The SMILES string of the molecule is CNc1ccc(Cl)cc1/C(C)=N/N(C)C(=O)c1ccc(Cl)cc1Cl. The lowest BCUT2D eigenvalue weighted by Gasteiger charge is -2.15. The third-order valence-electron chi connectivity index (χ3n) is 3.40. The molecule has 0 unspecified atom stereocenters. The zero-order valence-electron chi connectivity index (χ0n) is 13.4. The van der Waals surface area contributed by atoms with E-state index in [4.69, 9.17) is 34.8 Å². The van der Waals surface area contributed by atoms with E-state index in [1.165, 1.54) is 11.1 Å². The van der Waals surface area contributed by atoms with Gasteiger partial charge in [-0.25, -0.2) is 5.01 Å². The number of nitrogens with zero attached hydrogens (tertiary/aromatic N) is 2. The van der Waals surface area contributed by atoms with Crippen molar-refractivity contribution in [3.05, 3.63) is 62.6 Å². The van der Waals surface area contributed by atoms with E-state index in [0.717, 1.165) is 11.3 Å². The van der Waals surface area contributed by atoms with Crippen LogP contribution in [-0.2, 0) is 0 Å². The van der Waals surface area contributed by atoms with Gasteiger partial charge in [-0.1, -0.05) is 34.8 Å². The summed E-state index contributed by atoms with van der Waals surface area (Å²) in [7, 11) is 3.38. The minimum Gasteiger partial charge on any atom is -0.388 e. The van der Waals surface area contributed by atoms with E-state index in [0.29, 0.717) is 21.3 Å². The van der Waals surface area contributed by atoms with Gasteiger partial charge in [0.2, 0.25) is 0 Å². The van der Waals surface area contributed by atoms with Crippen LogP contribution in [0.15, 0.2) is 41.5 Å². The molecule has 0 spiro atoms. The summed E-state index contributed by atoms with van der Waals surface area (Å²) in [5, 5.41) is 10.0. The van der Waals surface area contributed by atoms with E-state index in [2.05, 4.69) is 10.4 Å². The number of hydrogen-bond acceptors (Lipinski definition) is 3. The lowest BCUT2D eigenvalue weighted by Crippen LogP contribution is -2.23. The molecule has 0 saturated carbocycles. The number of halogens is 3. The van der Waals surface area contributed by atoms with Crippen LogP contribution < -0.4 is 5.32 Å². The molecule has 0 atom stereocenters. The number of carbonyl (C=O) groups excluding carboxylic acids is 1. The van der Waals surface area contributed by atoms with Crippen LogP contribution in [0.3, 0.4) is 0 Å². The van der Waals surface area contributed by atoms with Gasteiger partial charge in [-0.05, 0) is 43.3 Å². The maximum absolute atomic E-state index is 12.5. The van der Waals surface area contributed by atoms with Gasteiger partial charge in [0.25, 0.3) is 5.91 Å². The van der Waals surface area contributed by atoms with Crippen LogP contribution in [0.25, 0.3) is 0 Å². The fourth-order valence-corrected chi connectivity index (χ4v) is 2.86. The molecule has 0 aliphatic heterocycles. The number of carbonyl (C=O) groups is 1. The van der Waals surface area contributed by atoms with Crippen LogP contribution in [0.2, 0.25) is 15.1 Å². The summed E-state index contributed by atoms with van der Waals surface area (Å²) in [5.74, 6) is -0.330. The Hall–Kier alpha value is -1.75. The summed E-state index contributed by atoms with van der Waals surface area (Å²) in [6.45, 7) is 1.81. The Morgan fingerprint density at radius 2 is 1.67 bits per heavy atom. The second-order valence-corrected chi connectivity index (χ2v) is 6.36. The predicted molar refractivity (Wildman–Crippen MR) is 102 cm³/mol. The van der Waals surface area contributed by atoms with Gasteiger partial charge < -0.3 is 5.32 Å². The van der Waals surface area contributed by atoms with Gasteiger partial charge in [-0.15, -0.1) is 0 Å². The zero-order valence-corrected chi connectivity index (χ0v) is 15.7. The lowest BCUT2D eigenvalue weighted by molar-refractivity contribution is 0.0799. The van der Waals surface area contributed by atoms with Crippen molar-refractivity contribution in [1.82, 2.24) is 5.01 Å². The van der Waals surface area contributed by atoms with Crippen molar-refractivity contribution in [3.8, 4) is 0 Å². The minimum absolute atomic E-state index is 0.283. The minimum atomic E-state index is -0.330. The Bertz CT molecular complexity index is 806. The molecule has 0 aliphatic carbocycles. The molecule has 2 rings (SSSR count). The van der Waals surface area contributed by atoms with Crippen LogP contribution >= 0.6 is 34.8 Å². The van der Waals surface area contributed by atoms with Crippen LogP contribution in [0.4, 0.5) is 5.69 Å². The summed E-state index contributed by atoms with van der Waals surface area (Å²) in [4.78, 5) is 12.5. The first-order chi connectivity index (χ1) is 11.3.